The first-order valence-corrected chi connectivity index (χ1v) is 5.84. The molecule has 1 amide bonds. The molecule has 1 aliphatic rings. The first-order chi connectivity index (χ1) is 8.11. The van der Waals surface area contributed by atoms with Crippen LogP contribution in [0.25, 0.3) is 0 Å². The molecule has 1 aliphatic heterocycles. The van der Waals surface area contributed by atoms with Crippen LogP contribution in [0, 0.1) is 0 Å². The second-order valence-corrected chi connectivity index (χ2v) is 4.52. The van der Waals surface area contributed by atoms with Crippen molar-refractivity contribution in [3.05, 3.63) is 29.8 Å². The number of hydrazine groups is 1. The number of hydrogen-bond acceptors (Lipinski definition) is 3. The van der Waals surface area contributed by atoms with Crippen molar-refractivity contribution in [3.63, 3.8) is 0 Å². The van der Waals surface area contributed by atoms with Gasteiger partial charge in [0.2, 0.25) is 5.91 Å². The van der Waals surface area contributed by atoms with Gasteiger partial charge in [-0.25, -0.2) is 5.43 Å². The zero-order chi connectivity index (χ0) is 12.4. The molecule has 1 unspecified atom stereocenters. The van der Waals surface area contributed by atoms with Crippen LogP contribution in [0.4, 0.5) is 0 Å². The average Bonchev–Trinajstić information content (AvgIpc) is 2.71. The molecule has 4 heteroatoms. The van der Waals surface area contributed by atoms with Gasteiger partial charge < -0.3 is 4.74 Å². The molecular formula is C13H18N2O2. The number of hydrogen-bond donors (Lipinski definition) is 1. The standard InChI is InChI=1S/C13H18N2O2/c1-9(2)15-13(16)8-12(14-15)10-4-6-11(17-3)7-5-10/h4-7,9,12,14H,8H2,1-3H3. The molecule has 17 heavy (non-hydrogen) atoms. The van der Waals surface area contributed by atoms with E-state index in [1.54, 1.807) is 12.1 Å². The lowest BCUT2D eigenvalue weighted by Crippen LogP contribution is -2.40. The zero-order valence-corrected chi connectivity index (χ0v) is 10.4. The van der Waals surface area contributed by atoms with E-state index in [1.165, 1.54) is 0 Å². The van der Waals surface area contributed by atoms with Crippen molar-refractivity contribution in [1.29, 1.82) is 0 Å². The van der Waals surface area contributed by atoms with Gasteiger partial charge in [0.25, 0.3) is 0 Å². The van der Waals surface area contributed by atoms with E-state index in [0.29, 0.717) is 6.42 Å². The molecule has 0 spiro atoms. The molecule has 1 saturated heterocycles. The zero-order valence-electron chi connectivity index (χ0n) is 10.4. The smallest absolute Gasteiger partial charge is 0.238 e. The van der Waals surface area contributed by atoms with Gasteiger partial charge in [0.05, 0.1) is 13.2 Å². The summed E-state index contributed by atoms with van der Waals surface area (Å²) in [5, 5.41) is 1.70. The van der Waals surface area contributed by atoms with Crippen LogP contribution in [0.2, 0.25) is 0 Å². The Morgan fingerprint density at radius 1 is 1.35 bits per heavy atom. The Balaban J connectivity index is 2.11. The number of nitrogens with zero attached hydrogens (tertiary/aromatic N) is 1. The number of benzene rings is 1. The van der Waals surface area contributed by atoms with Gasteiger partial charge >= 0.3 is 0 Å². The number of carbonyl (C=O) groups excluding carboxylic acids is 1. The fourth-order valence-corrected chi connectivity index (χ4v) is 2.02. The highest BCUT2D eigenvalue weighted by molar-refractivity contribution is 5.79. The quantitative estimate of drug-likeness (QED) is 0.868. The maximum atomic E-state index is 11.8. The summed E-state index contributed by atoms with van der Waals surface area (Å²) >= 11 is 0. The average molecular weight is 234 g/mol. The molecule has 0 radical (unpaired) electrons. The molecule has 1 aromatic carbocycles. The van der Waals surface area contributed by atoms with Crippen LogP contribution in [0.5, 0.6) is 5.75 Å². The molecule has 2 rings (SSSR count). The summed E-state index contributed by atoms with van der Waals surface area (Å²) in [6, 6.07) is 8.09. The predicted octanol–water partition coefficient (Wildman–Crippen LogP) is 1.88. The van der Waals surface area contributed by atoms with E-state index in [9.17, 15) is 4.79 Å². The topological polar surface area (TPSA) is 41.6 Å². The van der Waals surface area contributed by atoms with Gasteiger partial charge in [0, 0.05) is 12.5 Å². The maximum absolute atomic E-state index is 11.8. The summed E-state index contributed by atoms with van der Waals surface area (Å²) in [5.74, 6) is 0.986. The van der Waals surface area contributed by atoms with Gasteiger partial charge in [-0.3, -0.25) is 9.80 Å². The lowest BCUT2D eigenvalue weighted by Gasteiger charge is -2.22. The van der Waals surface area contributed by atoms with E-state index >= 15 is 0 Å². The lowest BCUT2D eigenvalue weighted by molar-refractivity contribution is -0.131. The summed E-state index contributed by atoms with van der Waals surface area (Å²) in [6.07, 6.45) is 0.518. The second kappa shape index (κ2) is 4.75. The Labute approximate surface area is 102 Å². The van der Waals surface area contributed by atoms with Gasteiger partial charge in [0.1, 0.15) is 5.75 Å². The van der Waals surface area contributed by atoms with Gasteiger partial charge in [-0.05, 0) is 31.5 Å². The molecule has 0 aromatic heterocycles. The van der Waals surface area contributed by atoms with E-state index in [4.69, 9.17) is 4.74 Å². The number of methoxy groups -OCH3 is 1. The number of nitrogens with one attached hydrogen (secondary N) is 1. The second-order valence-electron chi connectivity index (χ2n) is 4.52. The van der Waals surface area contributed by atoms with Crippen LogP contribution in [-0.4, -0.2) is 24.1 Å². The summed E-state index contributed by atoms with van der Waals surface area (Å²) in [5.41, 5.74) is 4.35. The van der Waals surface area contributed by atoms with Crippen LogP contribution >= 0.6 is 0 Å². The summed E-state index contributed by atoms with van der Waals surface area (Å²) in [7, 11) is 1.65. The van der Waals surface area contributed by atoms with E-state index in [-0.39, 0.29) is 18.0 Å². The Bertz CT molecular complexity index is 400. The fourth-order valence-electron chi connectivity index (χ4n) is 2.02. The molecule has 4 nitrogen and oxygen atoms in total. The van der Waals surface area contributed by atoms with Crippen LogP contribution in [0.1, 0.15) is 31.9 Å². The third-order valence-electron chi connectivity index (χ3n) is 2.98. The van der Waals surface area contributed by atoms with Crippen molar-refractivity contribution in [1.82, 2.24) is 10.4 Å². The summed E-state index contributed by atoms with van der Waals surface area (Å²) in [6.45, 7) is 4.00. The van der Waals surface area contributed by atoms with Crippen LogP contribution in [0.3, 0.4) is 0 Å². The minimum absolute atomic E-state index is 0.0795. The first kappa shape index (κ1) is 11.9. The Kier molecular flexibility index (Phi) is 3.33. The number of rotatable bonds is 3. The molecule has 92 valence electrons. The fraction of sp³-hybridized carbons (Fsp3) is 0.462. The lowest BCUT2D eigenvalue weighted by atomic mass is 10.1. The van der Waals surface area contributed by atoms with Crippen molar-refractivity contribution < 1.29 is 9.53 Å². The molecule has 0 saturated carbocycles. The molecule has 1 N–H and O–H groups in total. The van der Waals surface area contributed by atoms with Gasteiger partial charge in [0.15, 0.2) is 0 Å². The summed E-state index contributed by atoms with van der Waals surface area (Å²) in [4.78, 5) is 11.8. The minimum atomic E-state index is 0.0795. The van der Waals surface area contributed by atoms with Crippen molar-refractivity contribution in [3.8, 4) is 5.75 Å². The van der Waals surface area contributed by atoms with Crippen LogP contribution < -0.4 is 10.2 Å². The largest absolute Gasteiger partial charge is 0.497 e. The third kappa shape index (κ3) is 2.42. The van der Waals surface area contributed by atoms with Gasteiger partial charge in [-0.15, -0.1) is 0 Å². The highest BCUT2D eigenvalue weighted by Gasteiger charge is 2.31. The number of amides is 1. The van der Waals surface area contributed by atoms with Gasteiger partial charge in [-0.2, -0.15) is 0 Å². The van der Waals surface area contributed by atoms with Crippen LogP contribution in [0.15, 0.2) is 24.3 Å². The highest BCUT2D eigenvalue weighted by Crippen LogP contribution is 2.26. The SMILES string of the molecule is COc1ccc(C2CC(=O)N(C(C)C)N2)cc1. The molecule has 1 heterocycles. The number of ether oxygens (including phenoxy) is 1. The third-order valence-corrected chi connectivity index (χ3v) is 2.98. The molecule has 1 aromatic rings. The molecule has 1 atom stereocenters. The first-order valence-electron chi connectivity index (χ1n) is 5.84. The van der Waals surface area contributed by atoms with Crippen LogP contribution in [-0.2, 0) is 4.79 Å². The molecule has 0 bridgehead atoms. The Hall–Kier alpha value is -1.55. The predicted molar refractivity (Wildman–Crippen MR) is 65.5 cm³/mol. The van der Waals surface area contributed by atoms with Crippen molar-refractivity contribution >= 4 is 5.91 Å². The van der Waals surface area contributed by atoms with Crippen molar-refractivity contribution in [2.24, 2.45) is 0 Å². The van der Waals surface area contributed by atoms with Gasteiger partial charge in [-0.1, -0.05) is 12.1 Å². The highest BCUT2D eigenvalue weighted by atomic mass is 16.5. The number of carbonyl (C=O) groups is 1. The van der Waals surface area contributed by atoms with E-state index in [0.717, 1.165) is 11.3 Å². The normalized spacial score (nSPS) is 20.1. The molecular weight excluding hydrogens is 216 g/mol. The maximum Gasteiger partial charge on any atom is 0.238 e. The Morgan fingerprint density at radius 3 is 2.47 bits per heavy atom. The van der Waals surface area contributed by atoms with E-state index in [1.807, 2.05) is 38.1 Å². The summed E-state index contributed by atoms with van der Waals surface area (Å²) < 4.78 is 5.11. The van der Waals surface area contributed by atoms with E-state index < -0.39 is 0 Å². The monoisotopic (exact) mass is 234 g/mol. The minimum Gasteiger partial charge on any atom is -0.497 e. The van der Waals surface area contributed by atoms with Crippen molar-refractivity contribution in [2.45, 2.75) is 32.4 Å². The van der Waals surface area contributed by atoms with E-state index in [2.05, 4.69) is 5.43 Å². The van der Waals surface area contributed by atoms with Crippen molar-refractivity contribution in [2.75, 3.05) is 7.11 Å². The molecule has 1 fully saturated rings. The molecule has 0 aliphatic carbocycles. The Morgan fingerprint density at radius 2 is 2.00 bits per heavy atom.